The fraction of sp³-hybridized carbons (Fsp3) is 0.471. The molecule has 2 atom stereocenters. The summed E-state index contributed by atoms with van der Waals surface area (Å²) in [4.78, 5) is 4.83. The topological polar surface area (TPSA) is 52.7 Å². The molecule has 0 bridgehead atoms. The van der Waals surface area contributed by atoms with Gasteiger partial charge in [0.1, 0.15) is 6.26 Å². The Balaban J connectivity index is 1.36. The normalized spacial score (nSPS) is 26.2. The predicted molar refractivity (Wildman–Crippen MR) is 82.2 cm³/mol. The Labute approximate surface area is 130 Å². The maximum atomic E-state index is 10.6. The molecule has 2 unspecified atom stereocenters. The Morgan fingerprint density at radius 1 is 1.14 bits per heavy atom. The smallest absolute Gasteiger partial charge is 0.124 e. The predicted octanol–water partition coefficient (Wildman–Crippen LogP) is 1.45. The van der Waals surface area contributed by atoms with Crippen LogP contribution in [0.2, 0.25) is 0 Å². The molecular weight excluding hydrogens is 278 g/mol. The van der Waals surface area contributed by atoms with Crippen LogP contribution in [-0.4, -0.2) is 52.3 Å². The van der Waals surface area contributed by atoms with Crippen molar-refractivity contribution in [3.8, 4) is 0 Å². The molecule has 116 valence electrons. The molecule has 0 amide bonds. The van der Waals surface area contributed by atoms with Crippen molar-refractivity contribution >= 4 is 0 Å². The van der Waals surface area contributed by atoms with Gasteiger partial charge in [0, 0.05) is 44.8 Å². The Bertz CT molecular complexity index is 621. The first-order chi connectivity index (χ1) is 10.8. The summed E-state index contributed by atoms with van der Waals surface area (Å²) < 4.78 is 4.89. The second-order valence-electron chi connectivity index (χ2n) is 6.22. The zero-order valence-electron chi connectivity index (χ0n) is 12.6. The molecule has 2 aliphatic rings. The number of benzene rings is 1. The van der Waals surface area contributed by atoms with E-state index in [-0.39, 0.29) is 12.1 Å². The van der Waals surface area contributed by atoms with E-state index in [1.165, 1.54) is 5.56 Å². The van der Waals surface area contributed by atoms with E-state index in [2.05, 4.69) is 33.2 Å². The molecule has 22 heavy (non-hydrogen) atoms. The van der Waals surface area contributed by atoms with E-state index < -0.39 is 0 Å². The van der Waals surface area contributed by atoms with Gasteiger partial charge in [-0.05, 0) is 17.5 Å². The third kappa shape index (κ3) is 2.56. The first kappa shape index (κ1) is 13.9. The Hall–Kier alpha value is -1.69. The summed E-state index contributed by atoms with van der Waals surface area (Å²) in [5.74, 6) is 0. The SMILES string of the molecule is OC1c2ccccc2CC1N1CCN(Cc2ccon2)CC1. The fourth-order valence-corrected chi connectivity index (χ4v) is 3.68. The van der Waals surface area contributed by atoms with Crippen LogP contribution < -0.4 is 0 Å². The highest BCUT2D eigenvalue weighted by molar-refractivity contribution is 5.35. The summed E-state index contributed by atoms with van der Waals surface area (Å²) in [7, 11) is 0. The van der Waals surface area contributed by atoms with Crippen molar-refractivity contribution in [1.82, 2.24) is 15.0 Å². The second-order valence-corrected chi connectivity index (χ2v) is 6.22. The number of nitrogens with zero attached hydrogens (tertiary/aromatic N) is 3. The Morgan fingerprint density at radius 2 is 1.95 bits per heavy atom. The van der Waals surface area contributed by atoms with Crippen molar-refractivity contribution in [1.29, 1.82) is 0 Å². The monoisotopic (exact) mass is 299 g/mol. The summed E-state index contributed by atoms with van der Waals surface area (Å²) in [5, 5.41) is 14.6. The molecule has 0 radical (unpaired) electrons. The van der Waals surface area contributed by atoms with Gasteiger partial charge in [0.2, 0.25) is 0 Å². The number of piperazine rings is 1. The summed E-state index contributed by atoms with van der Waals surface area (Å²) in [6.45, 7) is 4.85. The van der Waals surface area contributed by atoms with Crippen molar-refractivity contribution in [3.63, 3.8) is 0 Å². The molecule has 1 aromatic heterocycles. The van der Waals surface area contributed by atoms with Crippen LogP contribution in [0.1, 0.15) is 22.9 Å². The maximum Gasteiger partial charge on any atom is 0.124 e. The highest BCUT2D eigenvalue weighted by atomic mass is 16.5. The zero-order chi connectivity index (χ0) is 14.9. The lowest BCUT2D eigenvalue weighted by molar-refractivity contribution is 0.0253. The van der Waals surface area contributed by atoms with Crippen LogP contribution in [0.5, 0.6) is 0 Å². The minimum Gasteiger partial charge on any atom is -0.387 e. The Kier molecular flexibility index (Phi) is 3.70. The number of hydrogen-bond donors (Lipinski definition) is 1. The molecule has 1 N–H and O–H groups in total. The molecule has 2 aromatic rings. The number of aliphatic hydroxyl groups is 1. The third-order valence-corrected chi connectivity index (χ3v) is 4.92. The minimum absolute atomic E-state index is 0.228. The van der Waals surface area contributed by atoms with Gasteiger partial charge in [0.25, 0.3) is 0 Å². The van der Waals surface area contributed by atoms with Crippen molar-refractivity contribution < 1.29 is 9.63 Å². The lowest BCUT2D eigenvalue weighted by Crippen LogP contribution is -2.51. The Morgan fingerprint density at radius 3 is 2.68 bits per heavy atom. The van der Waals surface area contributed by atoms with E-state index in [4.69, 9.17) is 4.52 Å². The van der Waals surface area contributed by atoms with Gasteiger partial charge in [0.15, 0.2) is 0 Å². The molecule has 1 saturated heterocycles. The highest BCUT2D eigenvalue weighted by Crippen LogP contribution is 2.34. The average molecular weight is 299 g/mol. The second kappa shape index (κ2) is 5.83. The van der Waals surface area contributed by atoms with E-state index in [0.717, 1.165) is 50.4 Å². The molecule has 5 heteroatoms. The molecule has 1 fully saturated rings. The van der Waals surface area contributed by atoms with Gasteiger partial charge < -0.3 is 9.63 Å². The number of fused-ring (bicyclic) bond motifs is 1. The molecule has 4 rings (SSSR count). The molecule has 2 heterocycles. The van der Waals surface area contributed by atoms with Crippen LogP contribution in [0.25, 0.3) is 0 Å². The summed E-state index contributed by atoms with van der Waals surface area (Å²) in [6, 6.07) is 10.4. The van der Waals surface area contributed by atoms with Crippen LogP contribution in [-0.2, 0) is 13.0 Å². The largest absolute Gasteiger partial charge is 0.387 e. The summed E-state index contributed by atoms with van der Waals surface area (Å²) >= 11 is 0. The first-order valence-corrected chi connectivity index (χ1v) is 7.93. The van der Waals surface area contributed by atoms with Crippen molar-refractivity contribution in [3.05, 3.63) is 53.4 Å². The molecular formula is C17H21N3O2. The van der Waals surface area contributed by atoms with Crippen molar-refractivity contribution in [2.45, 2.75) is 25.1 Å². The van der Waals surface area contributed by atoms with E-state index in [0.29, 0.717) is 0 Å². The van der Waals surface area contributed by atoms with Crippen LogP contribution in [0, 0.1) is 0 Å². The molecule has 0 saturated carbocycles. The first-order valence-electron chi connectivity index (χ1n) is 7.93. The molecule has 1 aromatic carbocycles. The van der Waals surface area contributed by atoms with Crippen molar-refractivity contribution in [2.24, 2.45) is 0 Å². The summed E-state index contributed by atoms with van der Waals surface area (Å²) in [5.41, 5.74) is 3.39. The van der Waals surface area contributed by atoms with Gasteiger partial charge in [-0.2, -0.15) is 0 Å². The third-order valence-electron chi connectivity index (χ3n) is 4.92. The van der Waals surface area contributed by atoms with Crippen molar-refractivity contribution in [2.75, 3.05) is 26.2 Å². The number of aliphatic hydroxyl groups excluding tert-OH is 1. The summed E-state index contributed by atoms with van der Waals surface area (Å²) in [6.07, 6.45) is 2.23. The number of rotatable bonds is 3. The lowest BCUT2D eigenvalue weighted by atomic mass is 10.1. The van der Waals surface area contributed by atoms with Gasteiger partial charge in [-0.3, -0.25) is 9.80 Å². The molecule has 1 aliphatic heterocycles. The standard InChI is InChI=1S/C17H21N3O2/c21-17-15-4-2-1-3-13(15)11-16(17)20-8-6-19(7-9-20)12-14-5-10-22-18-14/h1-5,10,16-17,21H,6-9,11-12H2. The van der Waals surface area contributed by atoms with Crippen LogP contribution in [0.3, 0.4) is 0 Å². The van der Waals surface area contributed by atoms with E-state index >= 15 is 0 Å². The van der Waals surface area contributed by atoms with Crippen LogP contribution >= 0.6 is 0 Å². The molecule has 0 spiro atoms. The minimum atomic E-state index is -0.349. The van der Waals surface area contributed by atoms with E-state index in [1.807, 2.05) is 12.1 Å². The molecule has 1 aliphatic carbocycles. The lowest BCUT2D eigenvalue weighted by Gasteiger charge is -2.38. The molecule has 5 nitrogen and oxygen atoms in total. The van der Waals surface area contributed by atoms with Crippen LogP contribution in [0.15, 0.2) is 41.1 Å². The van der Waals surface area contributed by atoms with Gasteiger partial charge in [-0.1, -0.05) is 29.4 Å². The highest BCUT2D eigenvalue weighted by Gasteiger charge is 2.36. The van der Waals surface area contributed by atoms with Gasteiger partial charge in [-0.15, -0.1) is 0 Å². The number of hydrogen-bond acceptors (Lipinski definition) is 5. The van der Waals surface area contributed by atoms with Gasteiger partial charge >= 0.3 is 0 Å². The van der Waals surface area contributed by atoms with Gasteiger partial charge in [-0.25, -0.2) is 0 Å². The van der Waals surface area contributed by atoms with E-state index in [1.54, 1.807) is 6.26 Å². The maximum absolute atomic E-state index is 10.6. The average Bonchev–Trinajstić information content (AvgIpc) is 3.17. The fourth-order valence-electron chi connectivity index (χ4n) is 3.68. The van der Waals surface area contributed by atoms with Crippen LogP contribution in [0.4, 0.5) is 0 Å². The quantitative estimate of drug-likeness (QED) is 0.930. The zero-order valence-corrected chi connectivity index (χ0v) is 12.6. The number of aromatic nitrogens is 1. The van der Waals surface area contributed by atoms with Gasteiger partial charge in [0.05, 0.1) is 11.8 Å². The van der Waals surface area contributed by atoms with E-state index in [9.17, 15) is 5.11 Å².